The van der Waals surface area contributed by atoms with E-state index in [0.717, 1.165) is 27.4 Å². The minimum Gasteiger partial charge on any atom is -0.469 e. The molecule has 0 aliphatic heterocycles. The molecule has 0 amide bonds. The van der Waals surface area contributed by atoms with Crippen LogP contribution in [0, 0.1) is 6.92 Å². The minimum atomic E-state index is -0.680. The van der Waals surface area contributed by atoms with Crippen molar-refractivity contribution in [2.75, 3.05) is 7.11 Å². The van der Waals surface area contributed by atoms with E-state index in [-0.39, 0.29) is 24.3 Å². The van der Waals surface area contributed by atoms with E-state index in [9.17, 15) is 19.2 Å². The highest BCUT2D eigenvalue weighted by atomic mass is 16.7. The van der Waals surface area contributed by atoms with Gasteiger partial charge < -0.3 is 14.1 Å². The van der Waals surface area contributed by atoms with Gasteiger partial charge in [-0.25, -0.2) is 4.79 Å². The van der Waals surface area contributed by atoms with Crippen LogP contribution in [0.5, 0.6) is 0 Å². The van der Waals surface area contributed by atoms with Crippen molar-refractivity contribution in [1.82, 2.24) is 4.57 Å². The van der Waals surface area contributed by atoms with E-state index in [1.165, 1.54) is 14.0 Å². The molecule has 0 unspecified atom stereocenters. The molecule has 0 aliphatic rings. The Morgan fingerprint density at radius 3 is 2.11 bits per heavy atom. The summed E-state index contributed by atoms with van der Waals surface area (Å²) in [5.74, 6) is -1.74. The fraction of sp³-hybridized carbons (Fsp3) is 0.233. The van der Waals surface area contributed by atoms with Crippen molar-refractivity contribution in [3.8, 4) is 0 Å². The van der Waals surface area contributed by atoms with Crippen molar-refractivity contribution < 1.29 is 28.8 Å². The van der Waals surface area contributed by atoms with E-state index in [2.05, 4.69) is 14.5 Å². The van der Waals surface area contributed by atoms with Crippen molar-refractivity contribution in [2.24, 2.45) is 5.16 Å². The number of benzene rings is 3. The molecule has 0 radical (unpaired) electrons. The van der Waals surface area contributed by atoms with Gasteiger partial charge in [0.1, 0.15) is 5.71 Å². The number of rotatable bonds is 9. The number of fused-ring (bicyclic) bond motifs is 3. The van der Waals surface area contributed by atoms with Crippen molar-refractivity contribution >= 4 is 51.0 Å². The van der Waals surface area contributed by atoms with E-state index in [1.54, 1.807) is 12.1 Å². The molecule has 3 aromatic carbocycles. The second-order valence-corrected chi connectivity index (χ2v) is 8.88. The van der Waals surface area contributed by atoms with Crippen LogP contribution >= 0.6 is 0 Å². The van der Waals surface area contributed by atoms with Gasteiger partial charge in [-0.2, -0.15) is 0 Å². The highest BCUT2D eigenvalue weighted by Crippen LogP contribution is 2.32. The Morgan fingerprint density at radius 2 is 1.50 bits per heavy atom. The molecule has 1 heterocycles. The van der Waals surface area contributed by atoms with Gasteiger partial charge in [-0.1, -0.05) is 29.4 Å². The first-order valence-electron chi connectivity index (χ1n) is 12.3. The summed E-state index contributed by atoms with van der Waals surface area (Å²) >= 11 is 0. The average molecular weight is 513 g/mol. The van der Waals surface area contributed by atoms with Crippen LogP contribution in [-0.2, 0) is 25.7 Å². The molecule has 0 fully saturated rings. The van der Waals surface area contributed by atoms with Crippen molar-refractivity contribution in [3.63, 3.8) is 0 Å². The van der Waals surface area contributed by atoms with E-state index in [0.29, 0.717) is 23.2 Å². The summed E-state index contributed by atoms with van der Waals surface area (Å²) in [5.41, 5.74) is 4.18. The summed E-state index contributed by atoms with van der Waals surface area (Å²) in [7, 11) is 1.25. The third-order valence-electron chi connectivity index (χ3n) is 6.44. The number of aryl methyl sites for hydroxylation is 2. The lowest BCUT2D eigenvalue weighted by atomic mass is 9.97. The number of ketones is 2. The van der Waals surface area contributed by atoms with Gasteiger partial charge >= 0.3 is 11.9 Å². The maximum atomic E-state index is 13.4. The van der Waals surface area contributed by atoms with Gasteiger partial charge in [0.2, 0.25) is 5.78 Å². The van der Waals surface area contributed by atoms with Gasteiger partial charge in [0.25, 0.3) is 0 Å². The zero-order chi connectivity index (χ0) is 27.4. The zero-order valence-electron chi connectivity index (χ0n) is 21.7. The number of nitrogens with zero attached hydrogens (tertiary/aromatic N) is 2. The first kappa shape index (κ1) is 26.5. The van der Waals surface area contributed by atoms with E-state index >= 15 is 0 Å². The summed E-state index contributed by atoms with van der Waals surface area (Å²) in [4.78, 5) is 54.4. The number of Topliss-reactive ketones (excluding diaryl/α,β-unsaturated/α-hetero) is 1. The molecule has 4 rings (SSSR count). The summed E-state index contributed by atoms with van der Waals surface area (Å²) < 4.78 is 6.78. The molecule has 0 aliphatic carbocycles. The molecule has 4 aromatic rings. The van der Waals surface area contributed by atoms with Gasteiger partial charge in [0.15, 0.2) is 5.78 Å². The van der Waals surface area contributed by atoms with Crippen LogP contribution in [-0.4, -0.2) is 40.9 Å². The van der Waals surface area contributed by atoms with Gasteiger partial charge in [-0.3, -0.25) is 14.4 Å². The van der Waals surface area contributed by atoms with Crippen LogP contribution in [0.1, 0.15) is 58.5 Å². The monoisotopic (exact) mass is 512 g/mol. The third kappa shape index (κ3) is 5.25. The average Bonchev–Trinajstić information content (AvgIpc) is 3.24. The van der Waals surface area contributed by atoms with Crippen molar-refractivity contribution in [1.29, 1.82) is 0 Å². The second kappa shape index (κ2) is 11.2. The number of oxime groups is 1. The standard InChI is InChI=1S/C30H28N2O6/c1-5-32-26-13-10-20(29(35)22-9-7-6-8-18(22)2)16-23(26)24-17-21(11-14-27(24)32)30(36)25(31-38-19(3)33)12-15-28(34)37-4/h6-11,13-14,16-17H,5,12,15H2,1-4H3/b31-25-. The molecule has 0 bridgehead atoms. The van der Waals surface area contributed by atoms with Gasteiger partial charge in [-0.15, -0.1) is 0 Å². The lowest BCUT2D eigenvalue weighted by Gasteiger charge is -2.06. The Bertz CT molecular complexity index is 1610. The number of esters is 1. The molecule has 1 aromatic heterocycles. The molecule has 8 heteroatoms. The van der Waals surface area contributed by atoms with E-state index in [4.69, 9.17) is 4.84 Å². The maximum absolute atomic E-state index is 13.4. The normalized spacial score (nSPS) is 11.5. The van der Waals surface area contributed by atoms with Crippen molar-refractivity contribution in [2.45, 2.75) is 40.2 Å². The number of hydrogen-bond acceptors (Lipinski definition) is 7. The van der Waals surface area contributed by atoms with Crippen LogP contribution in [0.15, 0.2) is 65.8 Å². The Labute approximate surface area is 219 Å². The van der Waals surface area contributed by atoms with Crippen LogP contribution < -0.4 is 0 Å². The molecular formula is C30H28N2O6. The van der Waals surface area contributed by atoms with Crippen LogP contribution in [0.3, 0.4) is 0 Å². The minimum absolute atomic E-state index is 0.0530. The first-order chi connectivity index (χ1) is 18.2. The number of methoxy groups -OCH3 is 1. The molecule has 194 valence electrons. The Kier molecular flexibility index (Phi) is 7.81. The fourth-order valence-corrected chi connectivity index (χ4v) is 4.52. The quantitative estimate of drug-likeness (QED) is 0.0977. The lowest BCUT2D eigenvalue weighted by Crippen LogP contribution is -2.17. The number of aromatic nitrogens is 1. The largest absolute Gasteiger partial charge is 0.469 e. The molecule has 0 N–H and O–H groups in total. The highest BCUT2D eigenvalue weighted by Gasteiger charge is 2.21. The topological polar surface area (TPSA) is 104 Å². The Morgan fingerprint density at radius 1 is 0.868 bits per heavy atom. The van der Waals surface area contributed by atoms with Crippen molar-refractivity contribution in [3.05, 3.63) is 82.9 Å². The first-order valence-corrected chi connectivity index (χ1v) is 12.3. The van der Waals surface area contributed by atoms with Crippen LogP contribution in [0.2, 0.25) is 0 Å². The lowest BCUT2D eigenvalue weighted by molar-refractivity contribution is -0.141. The SMILES string of the molecule is CCn1c2ccc(C(=O)/C(CCC(=O)OC)=N\OC(C)=O)cc2c2cc(C(=O)c3ccccc3C)ccc21. The Hall–Kier alpha value is -4.59. The number of hydrogen-bond donors (Lipinski definition) is 0. The maximum Gasteiger partial charge on any atom is 0.331 e. The molecule has 0 saturated carbocycles. The second-order valence-electron chi connectivity index (χ2n) is 8.88. The van der Waals surface area contributed by atoms with Gasteiger partial charge in [0.05, 0.1) is 13.5 Å². The molecule has 0 spiro atoms. The molecule has 0 saturated heterocycles. The molecule has 0 atom stereocenters. The van der Waals surface area contributed by atoms with Gasteiger partial charge in [-0.05, 0) is 55.8 Å². The molecular weight excluding hydrogens is 484 g/mol. The number of ether oxygens (including phenoxy) is 1. The zero-order valence-corrected chi connectivity index (χ0v) is 21.7. The van der Waals surface area contributed by atoms with Crippen LogP contribution in [0.25, 0.3) is 21.8 Å². The fourth-order valence-electron chi connectivity index (χ4n) is 4.52. The highest BCUT2D eigenvalue weighted by molar-refractivity contribution is 6.46. The summed E-state index contributed by atoms with van der Waals surface area (Å²) in [6.45, 7) is 5.80. The van der Waals surface area contributed by atoms with Crippen LogP contribution in [0.4, 0.5) is 0 Å². The molecule has 8 nitrogen and oxygen atoms in total. The van der Waals surface area contributed by atoms with E-state index < -0.39 is 17.7 Å². The van der Waals surface area contributed by atoms with E-state index in [1.807, 2.05) is 62.4 Å². The molecule has 38 heavy (non-hydrogen) atoms. The van der Waals surface area contributed by atoms with Gasteiger partial charge in [0, 0.05) is 58.4 Å². The summed E-state index contributed by atoms with van der Waals surface area (Å²) in [6, 6.07) is 18.3. The Balaban J connectivity index is 1.81. The summed E-state index contributed by atoms with van der Waals surface area (Å²) in [6.07, 6.45) is -0.146. The predicted molar refractivity (Wildman–Crippen MR) is 145 cm³/mol. The number of carbonyl (C=O) groups is 4. The third-order valence-corrected chi connectivity index (χ3v) is 6.44. The smallest absolute Gasteiger partial charge is 0.331 e. The predicted octanol–water partition coefficient (Wildman–Crippen LogP) is 5.41. The number of carbonyl (C=O) groups excluding carboxylic acids is 4. The summed E-state index contributed by atoms with van der Waals surface area (Å²) in [5, 5.41) is 5.34.